The molecule has 0 aromatic heterocycles. The predicted molar refractivity (Wildman–Crippen MR) is 67.8 cm³/mol. The Kier molecular flexibility index (Phi) is 8.31. The molecule has 0 radical (unpaired) electrons. The number of amides is 1. The lowest BCUT2D eigenvalue weighted by Gasteiger charge is -2.28. The number of carbonyl (C=O) groups is 1. The monoisotopic (exact) mass is 213 g/mol. The number of rotatable bonds is 3. The maximum atomic E-state index is 11.4. The highest BCUT2D eigenvalue weighted by Gasteiger charge is 2.21. The van der Waals surface area contributed by atoms with E-state index in [0.29, 0.717) is 12.0 Å². The van der Waals surface area contributed by atoms with Crippen molar-refractivity contribution in [1.82, 2.24) is 5.32 Å². The fraction of sp³-hybridized carbons (Fsp3) is 0.769. The zero-order valence-corrected chi connectivity index (χ0v) is 11.4. The van der Waals surface area contributed by atoms with Crippen molar-refractivity contribution in [2.75, 3.05) is 0 Å². The Morgan fingerprint density at radius 3 is 2.00 bits per heavy atom. The fourth-order valence-electron chi connectivity index (χ4n) is 0.676. The number of hydrogen-bond donors (Lipinski definition) is 1. The summed E-state index contributed by atoms with van der Waals surface area (Å²) in [5.74, 6) is -0.0232. The van der Waals surface area contributed by atoms with E-state index in [9.17, 15) is 4.79 Å². The SMILES string of the molecule is C=C(CC)C(=O)NC(C)C(C)(C)C.CC. The summed E-state index contributed by atoms with van der Waals surface area (Å²) < 4.78 is 0. The van der Waals surface area contributed by atoms with Crippen molar-refractivity contribution in [1.29, 1.82) is 0 Å². The van der Waals surface area contributed by atoms with Crippen LogP contribution in [0.4, 0.5) is 0 Å². The van der Waals surface area contributed by atoms with E-state index in [0.717, 1.165) is 0 Å². The first-order chi connectivity index (χ1) is 6.79. The van der Waals surface area contributed by atoms with Crippen LogP contribution in [0.2, 0.25) is 0 Å². The number of hydrogen-bond acceptors (Lipinski definition) is 1. The van der Waals surface area contributed by atoms with Gasteiger partial charge >= 0.3 is 0 Å². The third-order valence-corrected chi connectivity index (χ3v) is 2.39. The molecule has 15 heavy (non-hydrogen) atoms. The van der Waals surface area contributed by atoms with Gasteiger partial charge in [-0.3, -0.25) is 4.79 Å². The molecule has 0 saturated carbocycles. The highest BCUT2D eigenvalue weighted by Crippen LogP contribution is 2.18. The van der Waals surface area contributed by atoms with E-state index in [4.69, 9.17) is 0 Å². The maximum Gasteiger partial charge on any atom is 0.246 e. The minimum atomic E-state index is -0.0232. The molecule has 1 N–H and O–H groups in total. The van der Waals surface area contributed by atoms with E-state index >= 15 is 0 Å². The second-order valence-electron chi connectivity index (χ2n) is 4.52. The lowest BCUT2D eigenvalue weighted by atomic mass is 9.88. The standard InChI is InChI=1S/C11H21NO.C2H6/c1-7-8(2)10(13)12-9(3)11(4,5)6;1-2/h9H,2,7H2,1,3-6H3,(H,12,13);1-2H3. The third kappa shape index (κ3) is 7.18. The molecule has 0 spiro atoms. The van der Waals surface area contributed by atoms with E-state index in [-0.39, 0.29) is 17.4 Å². The fourth-order valence-corrected chi connectivity index (χ4v) is 0.676. The van der Waals surface area contributed by atoms with Crippen LogP contribution in [0.1, 0.15) is 54.9 Å². The minimum absolute atomic E-state index is 0.0232. The van der Waals surface area contributed by atoms with Crippen LogP contribution in [0.15, 0.2) is 12.2 Å². The molecule has 0 aromatic carbocycles. The van der Waals surface area contributed by atoms with Gasteiger partial charge in [0.1, 0.15) is 0 Å². The first kappa shape index (κ1) is 16.6. The lowest BCUT2D eigenvalue weighted by molar-refractivity contribution is -0.118. The summed E-state index contributed by atoms with van der Waals surface area (Å²) in [6.45, 7) is 18.0. The van der Waals surface area contributed by atoms with Crippen LogP contribution in [-0.4, -0.2) is 11.9 Å². The highest BCUT2D eigenvalue weighted by molar-refractivity contribution is 5.92. The summed E-state index contributed by atoms with van der Waals surface area (Å²) in [5, 5.41) is 2.93. The number of carbonyl (C=O) groups excluding carboxylic acids is 1. The molecular formula is C13H27NO. The molecule has 2 nitrogen and oxygen atoms in total. The van der Waals surface area contributed by atoms with Crippen molar-refractivity contribution in [2.45, 2.75) is 60.9 Å². The molecule has 0 aromatic rings. The molecular weight excluding hydrogens is 186 g/mol. The Morgan fingerprint density at radius 1 is 1.33 bits per heavy atom. The highest BCUT2D eigenvalue weighted by atomic mass is 16.1. The normalized spacial score (nSPS) is 12.2. The van der Waals surface area contributed by atoms with Crippen LogP contribution in [0.5, 0.6) is 0 Å². The minimum Gasteiger partial charge on any atom is -0.349 e. The molecule has 0 saturated heterocycles. The Hall–Kier alpha value is -0.790. The van der Waals surface area contributed by atoms with Crippen molar-refractivity contribution in [3.63, 3.8) is 0 Å². The van der Waals surface area contributed by atoms with Crippen LogP contribution >= 0.6 is 0 Å². The summed E-state index contributed by atoms with van der Waals surface area (Å²) >= 11 is 0. The van der Waals surface area contributed by atoms with Gasteiger partial charge in [0.2, 0.25) is 5.91 Å². The molecule has 0 rings (SSSR count). The van der Waals surface area contributed by atoms with Crippen molar-refractivity contribution in [2.24, 2.45) is 5.41 Å². The van der Waals surface area contributed by atoms with Gasteiger partial charge in [-0.05, 0) is 18.8 Å². The van der Waals surface area contributed by atoms with Crippen LogP contribution in [0.25, 0.3) is 0 Å². The van der Waals surface area contributed by atoms with Crippen LogP contribution < -0.4 is 5.32 Å². The molecule has 1 unspecified atom stereocenters. The van der Waals surface area contributed by atoms with E-state index in [1.807, 2.05) is 27.7 Å². The Balaban J connectivity index is 0. The summed E-state index contributed by atoms with van der Waals surface area (Å²) in [5.41, 5.74) is 0.750. The largest absolute Gasteiger partial charge is 0.349 e. The average molecular weight is 213 g/mol. The molecule has 0 heterocycles. The van der Waals surface area contributed by atoms with Gasteiger partial charge in [0.25, 0.3) is 0 Å². The zero-order valence-electron chi connectivity index (χ0n) is 11.4. The van der Waals surface area contributed by atoms with Gasteiger partial charge in [-0.25, -0.2) is 0 Å². The first-order valence-electron chi connectivity index (χ1n) is 5.77. The molecule has 0 fully saturated rings. The Labute approximate surface area is 95.1 Å². The summed E-state index contributed by atoms with van der Waals surface area (Å²) in [6.07, 6.45) is 0.711. The summed E-state index contributed by atoms with van der Waals surface area (Å²) in [6, 6.07) is 0.170. The van der Waals surface area contributed by atoms with Crippen LogP contribution in [0, 0.1) is 5.41 Å². The molecule has 0 bridgehead atoms. The van der Waals surface area contributed by atoms with Gasteiger partial charge in [0.15, 0.2) is 0 Å². The molecule has 1 atom stereocenters. The van der Waals surface area contributed by atoms with Gasteiger partial charge in [0, 0.05) is 11.6 Å². The summed E-state index contributed by atoms with van der Waals surface area (Å²) in [7, 11) is 0. The molecule has 1 amide bonds. The first-order valence-corrected chi connectivity index (χ1v) is 5.77. The summed E-state index contributed by atoms with van der Waals surface area (Å²) in [4.78, 5) is 11.4. The van der Waals surface area contributed by atoms with E-state index in [1.165, 1.54) is 0 Å². The Morgan fingerprint density at radius 2 is 1.73 bits per heavy atom. The second-order valence-corrected chi connectivity index (χ2v) is 4.52. The molecule has 0 aliphatic carbocycles. The molecule has 0 aliphatic heterocycles. The van der Waals surface area contributed by atoms with Crippen molar-refractivity contribution >= 4 is 5.91 Å². The van der Waals surface area contributed by atoms with Crippen molar-refractivity contribution in [3.8, 4) is 0 Å². The van der Waals surface area contributed by atoms with E-state index in [2.05, 4.69) is 32.7 Å². The van der Waals surface area contributed by atoms with Crippen molar-refractivity contribution < 1.29 is 4.79 Å². The van der Waals surface area contributed by atoms with Gasteiger partial charge in [-0.2, -0.15) is 0 Å². The van der Waals surface area contributed by atoms with Crippen molar-refractivity contribution in [3.05, 3.63) is 12.2 Å². The van der Waals surface area contributed by atoms with E-state index in [1.54, 1.807) is 0 Å². The maximum absolute atomic E-state index is 11.4. The van der Waals surface area contributed by atoms with Crippen LogP contribution in [0.3, 0.4) is 0 Å². The quantitative estimate of drug-likeness (QED) is 0.714. The lowest BCUT2D eigenvalue weighted by Crippen LogP contribution is -2.41. The second kappa shape index (κ2) is 7.49. The topological polar surface area (TPSA) is 29.1 Å². The van der Waals surface area contributed by atoms with Crippen LogP contribution in [-0.2, 0) is 4.79 Å². The molecule has 0 aliphatic rings. The third-order valence-electron chi connectivity index (χ3n) is 2.39. The van der Waals surface area contributed by atoms with Gasteiger partial charge in [-0.15, -0.1) is 0 Å². The molecule has 2 heteroatoms. The van der Waals surface area contributed by atoms with Gasteiger partial charge < -0.3 is 5.32 Å². The van der Waals surface area contributed by atoms with Gasteiger partial charge in [0.05, 0.1) is 0 Å². The zero-order chi connectivity index (χ0) is 12.6. The van der Waals surface area contributed by atoms with E-state index < -0.39 is 0 Å². The Bertz CT molecular complexity index is 201. The predicted octanol–water partition coefficient (Wildman–Crippen LogP) is 3.53. The number of nitrogens with one attached hydrogen (secondary N) is 1. The molecule has 90 valence electrons. The smallest absolute Gasteiger partial charge is 0.246 e. The average Bonchev–Trinajstić information content (AvgIpc) is 2.18. The van der Waals surface area contributed by atoms with Gasteiger partial charge in [-0.1, -0.05) is 48.1 Å².